The average molecular weight is 229 g/mol. The molecule has 2 aliphatic heterocycles. The molecule has 0 aromatic carbocycles. The number of hydrogen-bond acceptors (Lipinski definition) is 5. The van der Waals surface area contributed by atoms with Gasteiger partial charge in [-0.25, -0.2) is 13.4 Å². The first-order chi connectivity index (χ1) is 7.01. The molecular formula is C9H15N3O2S. The van der Waals surface area contributed by atoms with Crippen molar-refractivity contribution >= 4 is 15.0 Å². The van der Waals surface area contributed by atoms with Crippen LogP contribution in [0.5, 0.6) is 0 Å². The van der Waals surface area contributed by atoms with Crippen molar-refractivity contribution < 1.29 is 8.42 Å². The Labute approximate surface area is 90.0 Å². The Bertz CT molecular complexity index is 417. The Balaban J connectivity index is 2.15. The number of likely N-dealkylation sites (N-methyl/N-ethyl adjacent to an activating group) is 1. The summed E-state index contributed by atoms with van der Waals surface area (Å²) in [6.45, 7) is 4.81. The molecule has 0 spiro atoms. The smallest absolute Gasteiger partial charge is 0.237 e. The van der Waals surface area contributed by atoms with Gasteiger partial charge >= 0.3 is 0 Å². The molecule has 15 heavy (non-hydrogen) atoms. The summed E-state index contributed by atoms with van der Waals surface area (Å²) in [7, 11) is -1.23. The van der Waals surface area contributed by atoms with Crippen LogP contribution in [0.15, 0.2) is 16.1 Å². The Kier molecular flexibility index (Phi) is 2.56. The van der Waals surface area contributed by atoms with Crippen molar-refractivity contribution in [2.45, 2.75) is 6.92 Å². The van der Waals surface area contributed by atoms with E-state index in [1.54, 1.807) is 6.92 Å². The van der Waals surface area contributed by atoms with E-state index >= 15 is 0 Å². The van der Waals surface area contributed by atoms with Crippen molar-refractivity contribution in [3.8, 4) is 0 Å². The van der Waals surface area contributed by atoms with Crippen LogP contribution in [0.2, 0.25) is 0 Å². The normalized spacial score (nSPS) is 26.4. The first kappa shape index (κ1) is 10.6. The molecule has 2 heterocycles. The highest BCUT2D eigenvalue weighted by atomic mass is 32.2. The van der Waals surface area contributed by atoms with Gasteiger partial charge in [-0.2, -0.15) is 0 Å². The highest BCUT2D eigenvalue weighted by Crippen LogP contribution is 2.19. The first-order valence-electron chi connectivity index (χ1n) is 4.95. The topological polar surface area (TPSA) is 53.0 Å². The third-order valence-electron chi connectivity index (χ3n) is 2.79. The molecule has 0 bridgehead atoms. The zero-order chi connectivity index (χ0) is 11.1. The number of aliphatic imine (C=N–C) groups is 1. The second-order valence-corrected chi connectivity index (χ2v) is 5.96. The van der Waals surface area contributed by atoms with E-state index in [9.17, 15) is 8.42 Å². The molecule has 0 N–H and O–H groups in total. The predicted molar refractivity (Wildman–Crippen MR) is 59.2 cm³/mol. The number of piperazine rings is 1. The molecule has 0 atom stereocenters. The van der Waals surface area contributed by atoms with E-state index in [1.807, 2.05) is 11.9 Å². The number of rotatable bonds is 0. The summed E-state index contributed by atoms with van der Waals surface area (Å²) in [5.41, 5.74) is 0. The number of amidine groups is 1. The third-order valence-corrected chi connectivity index (χ3v) is 4.59. The zero-order valence-corrected chi connectivity index (χ0v) is 9.79. The van der Waals surface area contributed by atoms with Crippen LogP contribution in [0, 0.1) is 0 Å². The summed E-state index contributed by atoms with van der Waals surface area (Å²) in [4.78, 5) is 8.37. The largest absolute Gasteiger partial charge is 0.344 e. The van der Waals surface area contributed by atoms with Crippen molar-refractivity contribution in [1.29, 1.82) is 0 Å². The molecule has 1 fully saturated rings. The van der Waals surface area contributed by atoms with Gasteiger partial charge in [-0.1, -0.05) is 0 Å². The Morgan fingerprint density at radius 2 is 1.87 bits per heavy atom. The van der Waals surface area contributed by atoms with Crippen LogP contribution in [0.4, 0.5) is 0 Å². The van der Waals surface area contributed by atoms with Gasteiger partial charge in [-0.05, 0) is 14.0 Å². The van der Waals surface area contributed by atoms with Gasteiger partial charge in [-0.15, -0.1) is 0 Å². The molecule has 0 amide bonds. The monoisotopic (exact) mass is 229 g/mol. The number of hydrogen-bond donors (Lipinski definition) is 0. The second kappa shape index (κ2) is 3.61. The van der Waals surface area contributed by atoms with Gasteiger partial charge in [0.05, 0.1) is 4.91 Å². The minimum atomic E-state index is -3.26. The van der Waals surface area contributed by atoms with E-state index in [0.29, 0.717) is 4.91 Å². The van der Waals surface area contributed by atoms with E-state index < -0.39 is 9.84 Å². The van der Waals surface area contributed by atoms with Crippen LogP contribution in [0.3, 0.4) is 0 Å². The molecule has 0 aromatic heterocycles. The van der Waals surface area contributed by atoms with Crippen molar-refractivity contribution in [2.75, 3.05) is 33.2 Å². The molecule has 84 valence electrons. The third kappa shape index (κ3) is 1.79. The van der Waals surface area contributed by atoms with Crippen molar-refractivity contribution in [3.05, 3.63) is 11.1 Å². The van der Waals surface area contributed by atoms with Gasteiger partial charge < -0.3 is 9.80 Å². The molecule has 2 rings (SSSR count). The molecule has 0 unspecified atom stereocenters. The maximum atomic E-state index is 11.8. The SMILES string of the molecule is CC1=CN=C(N2CCN(C)CC2)S1(=O)=O. The fraction of sp³-hybridized carbons (Fsp3) is 0.667. The quantitative estimate of drug-likeness (QED) is 0.581. The van der Waals surface area contributed by atoms with E-state index in [-0.39, 0.29) is 5.17 Å². The molecule has 6 heteroatoms. The first-order valence-corrected chi connectivity index (χ1v) is 6.43. The lowest BCUT2D eigenvalue weighted by molar-refractivity contribution is 0.217. The highest BCUT2D eigenvalue weighted by molar-refractivity contribution is 8.09. The van der Waals surface area contributed by atoms with Gasteiger partial charge in [0.25, 0.3) is 0 Å². The van der Waals surface area contributed by atoms with Gasteiger partial charge in [0, 0.05) is 32.4 Å². The van der Waals surface area contributed by atoms with Crippen LogP contribution in [0.25, 0.3) is 0 Å². The van der Waals surface area contributed by atoms with Crippen LogP contribution in [-0.2, 0) is 9.84 Å². The Morgan fingerprint density at radius 3 is 2.33 bits per heavy atom. The van der Waals surface area contributed by atoms with E-state index in [4.69, 9.17) is 0 Å². The Hall–Kier alpha value is -0.880. The van der Waals surface area contributed by atoms with Crippen molar-refractivity contribution in [1.82, 2.24) is 9.80 Å². The van der Waals surface area contributed by atoms with Crippen LogP contribution >= 0.6 is 0 Å². The summed E-state index contributed by atoms with van der Waals surface area (Å²) < 4.78 is 23.6. The van der Waals surface area contributed by atoms with Crippen LogP contribution in [-0.4, -0.2) is 56.6 Å². The molecule has 1 saturated heterocycles. The van der Waals surface area contributed by atoms with Crippen molar-refractivity contribution in [3.63, 3.8) is 0 Å². The number of allylic oxidation sites excluding steroid dienone is 1. The highest BCUT2D eigenvalue weighted by Gasteiger charge is 2.32. The number of sulfone groups is 1. The zero-order valence-electron chi connectivity index (χ0n) is 8.97. The molecule has 5 nitrogen and oxygen atoms in total. The van der Waals surface area contributed by atoms with Gasteiger partial charge in [0.1, 0.15) is 0 Å². The average Bonchev–Trinajstić information content (AvgIpc) is 2.44. The molecule has 2 aliphatic rings. The fourth-order valence-electron chi connectivity index (χ4n) is 1.68. The van der Waals surface area contributed by atoms with Gasteiger partial charge in [0.2, 0.25) is 15.0 Å². The number of nitrogens with zero attached hydrogens (tertiary/aromatic N) is 3. The molecular weight excluding hydrogens is 214 g/mol. The lowest BCUT2D eigenvalue weighted by Crippen LogP contribution is -2.48. The summed E-state index contributed by atoms with van der Waals surface area (Å²) in [6, 6.07) is 0. The summed E-state index contributed by atoms with van der Waals surface area (Å²) in [5, 5.41) is 0.230. The summed E-state index contributed by atoms with van der Waals surface area (Å²) in [5.74, 6) is 0. The standard InChI is InChI=1S/C9H15N3O2S/c1-8-7-10-9(15(8,13)14)12-5-3-11(2)4-6-12/h7H,3-6H2,1-2H3. The van der Waals surface area contributed by atoms with Gasteiger partial charge in [-0.3, -0.25) is 0 Å². The van der Waals surface area contributed by atoms with Crippen LogP contribution in [0.1, 0.15) is 6.92 Å². The maximum absolute atomic E-state index is 11.8. The Morgan fingerprint density at radius 1 is 1.27 bits per heavy atom. The van der Waals surface area contributed by atoms with Crippen molar-refractivity contribution in [2.24, 2.45) is 4.99 Å². The lowest BCUT2D eigenvalue weighted by Gasteiger charge is -2.33. The van der Waals surface area contributed by atoms with Crippen LogP contribution < -0.4 is 0 Å². The van der Waals surface area contributed by atoms with E-state index in [0.717, 1.165) is 26.2 Å². The summed E-state index contributed by atoms with van der Waals surface area (Å²) in [6.07, 6.45) is 1.43. The molecule has 0 aliphatic carbocycles. The maximum Gasteiger partial charge on any atom is 0.237 e. The molecule has 0 aromatic rings. The minimum Gasteiger partial charge on any atom is -0.344 e. The van der Waals surface area contributed by atoms with E-state index in [2.05, 4.69) is 9.89 Å². The van der Waals surface area contributed by atoms with E-state index in [1.165, 1.54) is 6.20 Å². The molecule has 0 saturated carbocycles. The van der Waals surface area contributed by atoms with Gasteiger partial charge in [0.15, 0.2) is 0 Å². The minimum absolute atomic E-state index is 0.230. The molecule has 0 radical (unpaired) electrons. The fourth-order valence-corrected chi connectivity index (χ4v) is 2.87. The predicted octanol–water partition coefficient (Wildman–Crippen LogP) is -0.120. The second-order valence-electron chi connectivity index (χ2n) is 3.95. The summed E-state index contributed by atoms with van der Waals surface area (Å²) >= 11 is 0. The lowest BCUT2D eigenvalue weighted by atomic mass is 10.3.